The van der Waals surface area contributed by atoms with Crippen LogP contribution in [0.1, 0.15) is 39.5 Å². The molecule has 0 aliphatic heterocycles. The van der Waals surface area contributed by atoms with Crippen molar-refractivity contribution in [3.05, 3.63) is 0 Å². The first-order valence-corrected chi connectivity index (χ1v) is 5.09. The summed E-state index contributed by atoms with van der Waals surface area (Å²) in [6.07, 6.45) is 0.398. The number of aliphatic hydroxyl groups excluding tert-OH is 1. The average molecular weight is 218 g/mol. The minimum atomic E-state index is -1.09. The SMILES string of the molecule is CCCOC(=O)CCCC(=O)OC(C)O. The van der Waals surface area contributed by atoms with Gasteiger partial charge in [-0.15, -0.1) is 0 Å². The maximum Gasteiger partial charge on any atom is 0.308 e. The highest BCUT2D eigenvalue weighted by Crippen LogP contribution is 2.01. The summed E-state index contributed by atoms with van der Waals surface area (Å²) in [7, 11) is 0. The molecule has 1 unspecified atom stereocenters. The van der Waals surface area contributed by atoms with Crippen molar-refractivity contribution in [1.82, 2.24) is 0 Å². The quantitative estimate of drug-likeness (QED) is 0.509. The van der Waals surface area contributed by atoms with Crippen LogP contribution in [-0.2, 0) is 19.1 Å². The van der Waals surface area contributed by atoms with Crippen LogP contribution in [-0.4, -0.2) is 29.9 Å². The maximum atomic E-state index is 11.0. The number of carbonyl (C=O) groups excluding carboxylic acids is 2. The van der Waals surface area contributed by atoms with Crippen LogP contribution >= 0.6 is 0 Å². The van der Waals surface area contributed by atoms with Crippen molar-refractivity contribution in [1.29, 1.82) is 0 Å². The molecule has 1 N–H and O–H groups in total. The second-order valence-corrected chi connectivity index (χ2v) is 3.16. The standard InChI is InChI=1S/C10H18O5/c1-3-7-14-9(12)5-4-6-10(13)15-8(2)11/h8,11H,3-7H2,1-2H3. The predicted octanol–water partition coefficient (Wildman–Crippen LogP) is 0.991. The van der Waals surface area contributed by atoms with Gasteiger partial charge in [-0.25, -0.2) is 0 Å². The molecule has 0 bridgehead atoms. The van der Waals surface area contributed by atoms with Gasteiger partial charge in [-0.3, -0.25) is 9.59 Å². The summed E-state index contributed by atoms with van der Waals surface area (Å²) in [4.78, 5) is 21.9. The van der Waals surface area contributed by atoms with Crippen LogP contribution in [0.2, 0.25) is 0 Å². The second kappa shape index (κ2) is 8.23. The summed E-state index contributed by atoms with van der Waals surface area (Å²) < 4.78 is 9.29. The number of esters is 2. The summed E-state index contributed by atoms with van der Waals surface area (Å²) in [5.41, 5.74) is 0. The minimum Gasteiger partial charge on any atom is -0.466 e. The Balaban J connectivity index is 3.44. The number of carbonyl (C=O) groups is 2. The van der Waals surface area contributed by atoms with Crippen molar-refractivity contribution >= 4 is 11.9 Å². The van der Waals surface area contributed by atoms with E-state index in [-0.39, 0.29) is 18.8 Å². The summed E-state index contributed by atoms with van der Waals surface area (Å²) in [6.45, 7) is 3.68. The van der Waals surface area contributed by atoms with Gasteiger partial charge in [0.25, 0.3) is 0 Å². The Morgan fingerprint density at radius 1 is 1.27 bits per heavy atom. The lowest BCUT2D eigenvalue weighted by Crippen LogP contribution is -2.14. The van der Waals surface area contributed by atoms with E-state index < -0.39 is 12.3 Å². The molecule has 15 heavy (non-hydrogen) atoms. The first-order valence-electron chi connectivity index (χ1n) is 5.09. The van der Waals surface area contributed by atoms with Gasteiger partial charge >= 0.3 is 11.9 Å². The van der Waals surface area contributed by atoms with Gasteiger partial charge < -0.3 is 14.6 Å². The summed E-state index contributed by atoms with van der Waals surface area (Å²) in [5.74, 6) is -0.810. The Morgan fingerprint density at radius 2 is 1.87 bits per heavy atom. The summed E-state index contributed by atoms with van der Waals surface area (Å²) in [5, 5.41) is 8.71. The van der Waals surface area contributed by atoms with Crippen LogP contribution in [0.25, 0.3) is 0 Å². The molecular formula is C10H18O5. The molecule has 0 heterocycles. The summed E-state index contributed by atoms with van der Waals surface area (Å²) in [6, 6.07) is 0. The van der Waals surface area contributed by atoms with Crippen LogP contribution in [0.3, 0.4) is 0 Å². The van der Waals surface area contributed by atoms with E-state index in [1.165, 1.54) is 6.92 Å². The molecule has 1 atom stereocenters. The fourth-order valence-electron chi connectivity index (χ4n) is 0.914. The molecule has 0 rings (SSSR count). The number of ether oxygens (including phenoxy) is 2. The van der Waals surface area contributed by atoms with Crippen molar-refractivity contribution in [2.45, 2.75) is 45.8 Å². The van der Waals surface area contributed by atoms with Gasteiger partial charge in [-0.05, 0) is 19.8 Å². The van der Waals surface area contributed by atoms with Crippen molar-refractivity contribution in [3.8, 4) is 0 Å². The zero-order valence-corrected chi connectivity index (χ0v) is 9.19. The van der Waals surface area contributed by atoms with E-state index in [1.807, 2.05) is 6.92 Å². The third kappa shape index (κ3) is 9.21. The molecule has 0 aromatic heterocycles. The molecular weight excluding hydrogens is 200 g/mol. The number of rotatable bonds is 7. The Morgan fingerprint density at radius 3 is 2.40 bits per heavy atom. The molecule has 5 nitrogen and oxygen atoms in total. The molecule has 0 aromatic rings. The smallest absolute Gasteiger partial charge is 0.308 e. The Labute approximate surface area is 89.4 Å². The molecule has 88 valence electrons. The van der Waals surface area contributed by atoms with E-state index in [2.05, 4.69) is 4.74 Å². The molecule has 0 aromatic carbocycles. The lowest BCUT2D eigenvalue weighted by molar-refractivity contribution is -0.164. The Bertz CT molecular complexity index is 200. The van der Waals surface area contributed by atoms with Crippen LogP contribution in [0.5, 0.6) is 0 Å². The highest BCUT2D eigenvalue weighted by atomic mass is 16.6. The highest BCUT2D eigenvalue weighted by Gasteiger charge is 2.08. The third-order valence-corrected chi connectivity index (χ3v) is 1.53. The zero-order valence-electron chi connectivity index (χ0n) is 9.19. The molecule has 0 amide bonds. The van der Waals surface area contributed by atoms with Crippen LogP contribution < -0.4 is 0 Å². The molecule has 0 aliphatic carbocycles. The first-order chi connectivity index (χ1) is 7.06. The van der Waals surface area contributed by atoms with Gasteiger partial charge in [-0.2, -0.15) is 0 Å². The van der Waals surface area contributed by atoms with Crippen molar-refractivity contribution in [3.63, 3.8) is 0 Å². The van der Waals surface area contributed by atoms with E-state index in [1.54, 1.807) is 0 Å². The molecule has 0 saturated carbocycles. The van der Waals surface area contributed by atoms with Gasteiger partial charge in [0, 0.05) is 12.8 Å². The fourth-order valence-corrected chi connectivity index (χ4v) is 0.914. The maximum absolute atomic E-state index is 11.0. The highest BCUT2D eigenvalue weighted by molar-refractivity contribution is 5.72. The molecule has 0 fully saturated rings. The van der Waals surface area contributed by atoms with Gasteiger partial charge in [-0.1, -0.05) is 6.92 Å². The number of hydrogen-bond donors (Lipinski definition) is 1. The van der Waals surface area contributed by atoms with E-state index in [9.17, 15) is 9.59 Å². The Hall–Kier alpha value is -1.10. The van der Waals surface area contributed by atoms with Gasteiger partial charge in [0.2, 0.25) is 0 Å². The average Bonchev–Trinajstić information content (AvgIpc) is 2.13. The molecule has 0 spiro atoms. The number of aliphatic hydroxyl groups is 1. The second-order valence-electron chi connectivity index (χ2n) is 3.16. The lowest BCUT2D eigenvalue weighted by atomic mass is 10.2. The molecule has 0 radical (unpaired) electrons. The van der Waals surface area contributed by atoms with E-state index in [0.29, 0.717) is 13.0 Å². The van der Waals surface area contributed by atoms with Gasteiger partial charge in [0.1, 0.15) is 0 Å². The molecule has 0 aliphatic rings. The normalized spacial score (nSPS) is 11.9. The fraction of sp³-hybridized carbons (Fsp3) is 0.800. The zero-order chi connectivity index (χ0) is 11.7. The molecule has 5 heteroatoms. The lowest BCUT2D eigenvalue weighted by Gasteiger charge is -2.06. The third-order valence-electron chi connectivity index (χ3n) is 1.53. The number of hydrogen-bond acceptors (Lipinski definition) is 5. The first kappa shape index (κ1) is 13.9. The topological polar surface area (TPSA) is 72.8 Å². The van der Waals surface area contributed by atoms with Crippen molar-refractivity contribution in [2.24, 2.45) is 0 Å². The van der Waals surface area contributed by atoms with E-state index >= 15 is 0 Å². The minimum absolute atomic E-state index is 0.117. The predicted molar refractivity (Wildman–Crippen MR) is 52.9 cm³/mol. The van der Waals surface area contributed by atoms with Gasteiger partial charge in [0.15, 0.2) is 6.29 Å². The van der Waals surface area contributed by atoms with Crippen LogP contribution in [0.15, 0.2) is 0 Å². The largest absolute Gasteiger partial charge is 0.466 e. The van der Waals surface area contributed by atoms with Crippen LogP contribution in [0.4, 0.5) is 0 Å². The van der Waals surface area contributed by atoms with Crippen LogP contribution in [0, 0.1) is 0 Å². The monoisotopic (exact) mass is 218 g/mol. The summed E-state index contributed by atoms with van der Waals surface area (Å²) >= 11 is 0. The van der Waals surface area contributed by atoms with Crippen molar-refractivity contribution < 1.29 is 24.2 Å². The van der Waals surface area contributed by atoms with Gasteiger partial charge in [0.05, 0.1) is 6.61 Å². The van der Waals surface area contributed by atoms with E-state index in [4.69, 9.17) is 9.84 Å². The Kier molecular flexibility index (Phi) is 7.62. The van der Waals surface area contributed by atoms with E-state index in [0.717, 1.165) is 6.42 Å². The van der Waals surface area contributed by atoms with Crippen molar-refractivity contribution in [2.75, 3.05) is 6.61 Å². The molecule has 0 saturated heterocycles.